The molecule has 100 valence electrons. The molecule has 0 unspecified atom stereocenters. The van der Waals surface area contributed by atoms with Crippen LogP contribution in [0, 0.1) is 0 Å². The molecule has 0 aliphatic carbocycles. The minimum absolute atomic E-state index is 0.0427. The van der Waals surface area contributed by atoms with Crippen LogP contribution in [0.2, 0.25) is 5.02 Å². The van der Waals surface area contributed by atoms with Crippen LogP contribution in [0.4, 0.5) is 0 Å². The fourth-order valence-corrected chi connectivity index (χ4v) is 2.10. The number of rotatable bonds is 4. The second-order valence-corrected chi connectivity index (χ2v) is 4.79. The SMILES string of the molecule is C[C@H](CCO)NC(=O)c1ccc(Cl)c2cccnc12. The summed E-state index contributed by atoms with van der Waals surface area (Å²) in [5.74, 6) is -0.207. The van der Waals surface area contributed by atoms with Crippen LogP contribution >= 0.6 is 11.6 Å². The van der Waals surface area contributed by atoms with Crippen LogP contribution in [-0.4, -0.2) is 28.6 Å². The maximum atomic E-state index is 12.2. The van der Waals surface area contributed by atoms with E-state index in [1.54, 1.807) is 24.4 Å². The number of nitrogens with zero attached hydrogens (tertiary/aromatic N) is 1. The first-order chi connectivity index (χ1) is 9.13. The van der Waals surface area contributed by atoms with Crippen LogP contribution < -0.4 is 5.32 Å². The molecule has 0 fully saturated rings. The van der Waals surface area contributed by atoms with Crippen molar-refractivity contribution in [2.75, 3.05) is 6.61 Å². The van der Waals surface area contributed by atoms with E-state index in [9.17, 15) is 4.79 Å². The van der Waals surface area contributed by atoms with Crippen molar-refractivity contribution < 1.29 is 9.90 Å². The number of halogens is 1. The highest BCUT2D eigenvalue weighted by Gasteiger charge is 2.14. The molecule has 2 rings (SSSR count). The Hall–Kier alpha value is -1.65. The van der Waals surface area contributed by atoms with Gasteiger partial charge in [0, 0.05) is 24.2 Å². The van der Waals surface area contributed by atoms with Crippen LogP contribution in [0.25, 0.3) is 10.9 Å². The number of amides is 1. The van der Waals surface area contributed by atoms with E-state index in [0.29, 0.717) is 22.5 Å². The van der Waals surface area contributed by atoms with Gasteiger partial charge in [0.05, 0.1) is 16.1 Å². The minimum Gasteiger partial charge on any atom is -0.396 e. The van der Waals surface area contributed by atoms with Crippen molar-refractivity contribution in [1.82, 2.24) is 10.3 Å². The second-order valence-electron chi connectivity index (χ2n) is 4.38. The Labute approximate surface area is 116 Å². The smallest absolute Gasteiger partial charge is 0.253 e. The molecular weight excluding hydrogens is 264 g/mol. The number of aliphatic hydroxyl groups excluding tert-OH is 1. The van der Waals surface area contributed by atoms with Gasteiger partial charge in [0.1, 0.15) is 0 Å². The van der Waals surface area contributed by atoms with E-state index in [2.05, 4.69) is 10.3 Å². The third-order valence-electron chi connectivity index (χ3n) is 2.90. The summed E-state index contributed by atoms with van der Waals surface area (Å²) in [4.78, 5) is 16.4. The molecule has 0 bridgehead atoms. The number of carbonyl (C=O) groups excluding carboxylic acids is 1. The van der Waals surface area contributed by atoms with Gasteiger partial charge in [0.25, 0.3) is 5.91 Å². The van der Waals surface area contributed by atoms with E-state index in [1.165, 1.54) is 0 Å². The molecule has 1 amide bonds. The highest BCUT2D eigenvalue weighted by molar-refractivity contribution is 6.36. The lowest BCUT2D eigenvalue weighted by atomic mass is 10.1. The quantitative estimate of drug-likeness (QED) is 0.903. The number of pyridine rings is 1. The van der Waals surface area contributed by atoms with Crippen molar-refractivity contribution in [2.24, 2.45) is 0 Å². The zero-order valence-electron chi connectivity index (χ0n) is 10.6. The summed E-state index contributed by atoms with van der Waals surface area (Å²) in [6.07, 6.45) is 2.15. The molecule has 0 saturated carbocycles. The van der Waals surface area contributed by atoms with Crippen molar-refractivity contribution in [3.63, 3.8) is 0 Å². The summed E-state index contributed by atoms with van der Waals surface area (Å²) in [7, 11) is 0. The highest BCUT2D eigenvalue weighted by Crippen LogP contribution is 2.24. The molecule has 1 heterocycles. The molecule has 19 heavy (non-hydrogen) atoms. The normalized spacial score (nSPS) is 12.4. The lowest BCUT2D eigenvalue weighted by Gasteiger charge is -2.13. The Morgan fingerprint density at radius 3 is 3.00 bits per heavy atom. The van der Waals surface area contributed by atoms with Crippen LogP contribution in [0.15, 0.2) is 30.5 Å². The Balaban J connectivity index is 2.35. The number of aromatic nitrogens is 1. The van der Waals surface area contributed by atoms with Gasteiger partial charge in [-0.15, -0.1) is 0 Å². The highest BCUT2D eigenvalue weighted by atomic mass is 35.5. The Kier molecular flexibility index (Phi) is 4.35. The third kappa shape index (κ3) is 3.03. The van der Waals surface area contributed by atoms with Crippen molar-refractivity contribution in [3.05, 3.63) is 41.0 Å². The topological polar surface area (TPSA) is 62.2 Å². The van der Waals surface area contributed by atoms with Crippen LogP contribution in [0.5, 0.6) is 0 Å². The van der Waals surface area contributed by atoms with Crippen molar-refractivity contribution in [2.45, 2.75) is 19.4 Å². The number of carbonyl (C=O) groups is 1. The lowest BCUT2D eigenvalue weighted by molar-refractivity contribution is 0.0936. The van der Waals surface area contributed by atoms with Crippen molar-refractivity contribution >= 4 is 28.4 Å². The predicted molar refractivity (Wildman–Crippen MR) is 75.4 cm³/mol. The summed E-state index contributed by atoms with van der Waals surface area (Å²) in [6, 6.07) is 6.88. The maximum Gasteiger partial charge on any atom is 0.253 e. The van der Waals surface area contributed by atoms with Gasteiger partial charge in [-0.1, -0.05) is 11.6 Å². The largest absolute Gasteiger partial charge is 0.396 e. The van der Waals surface area contributed by atoms with E-state index in [1.807, 2.05) is 13.0 Å². The van der Waals surface area contributed by atoms with E-state index in [4.69, 9.17) is 16.7 Å². The number of benzene rings is 1. The zero-order chi connectivity index (χ0) is 13.8. The fraction of sp³-hybridized carbons (Fsp3) is 0.286. The molecular formula is C14H15ClN2O2. The summed E-state index contributed by atoms with van der Waals surface area (Å²) >= 11 is 6.08. The fourth-order valence-electron chi connectivity index (χ4n) is 1.89. The zero-order valence-corrected chi connectivity index (χ0v) is 11.3. The number of nitrogens with one attached hydrogen (secondary N) is 1. The van der Waals surface area contributed by atoms with Crippen molar-refractivity contribution in [3.8, 4) is 0 Å². The average molecular weight is 279 g/mol. The van der Waals surface area contributed by atoms with E-state index in [0.717, 1.165) is 5.39 Å². The molecule has 0 aliphatic heterocycles. The molecule has 5 heteroatoms. The van der Waals surface area contributed by atoms with Gasteiger partial charge in [-0.2, -0.15) is 0 Å². The summed E-state index contributed by atoms with van der Waals surface area (Å²) < 4.78 is 0. The molecule has 0 saturated heterocycles. The molecule has 0 spiro atoms. The van der Waals surface area contributed by atoms with Crippen LogP contribution in [0.1, 0.15) is 23.7 Å². The number of aliphatic hydroxyl groups is 1. The first-order valence-electron chi connectivity index (χ1n) is 6.08. The first kappa shape index (κ1) is 13.8. The Morgan fingerprint density at radius 2 is 2.26 bits per heavy atom. The molecule has 1 aromatic carbocycles. The summed E-state index contributed by atoms with van der Waals surface area (Å²) in [5.41, 5.74) is 1.08. The van der Waals surface area contributed by atoms with E-state index in [-0.39, 0.29) is 18.6 Å². The molecule has 2 N–H and O–H groups in total. The third-order valence-corrected chi connectivity index (χ3v) is 3.23. The van der Waals surface area contributed by atoms with Gasteiger partial charge in [-0.05, 0) is 37.6 Å². The average Bonchev–Trinajstić information content (AvgIpc) is 2.39. The monoisotopic (exact) mass is 278 g/mol. The van der Waals surface area contributed by atoms with Crippen molar-refractivity contribution in [1.29, 1.82) is 0 Å². The first-order valence-corrected chi connectivity index (χ1v) is 6.46. The summed E-state index contributed by atoms with van der Waals surface area (Å²) in [6.45, 7) is 1.89. The Morgan fingerprint density at radius 1 is 1.47 bits per heavy atom. The molecule has 1 aromatic heterocycles. The number of fused-ring (bicyclic) bond motifs is 1. The molecule has 2 aromatic rings. The van der Waals surface area contributed by atoms with Crippen LogP contribution in [-0.2, 0) is 0 Å². The molecule has 0 aliphatic rings. The molecule has 1 atom stereocenters. The maximum absolute atomic E-state index is 12.2. The second kappa shape index (κ2) is 5.99. The standard InChI is InChI=1S/C14H15ClN2O2/c1-9(6-8-18)17-14(19)11-4-5-12(15)10-3-2-7-16-13(10)11/h2-5,7,9,18H,6,8H2,1H3,(H,17,19)/t9-/m1/s1. The number of hydrogen-bond donors (Lipinski definition) is 2. The lowest BCUT2D eigenvalue weighted by Crippen LogP contribution is -2.33. The van der Waals surface area contributed by atoms with Gasteiger partial charge in [-0.3, -0.25) is 9.78 Å². The minimum atomic E-state index is -0.207. The van der Waals surface area contributed by atoms with Gasteiger partial charge in [-0.25, -0.2) is 0 Å². The van der Waals surface area contributed by atoms with Gasteiger partial charge in [0.2, 0.25) is 0 Å². The van der Waals surface area contributed by atoms with Gasteiger partial charge in [0.15, 0.2) is 0 Å². The molecule has 0 radical (unpaired) electrons. The van der Waals surface area contributed by atoms with Gasteiger partial charge >= 0.3 is 0 Å². The van der Waals surface area contributed by atoms with E-state index < -0.39 is 0 Å². The van der Waals surface area contributed by atoms with Gasteiger partial charge < -0.3 is 10.4 Å². The Bertz CT molecular complexity index is 601. The number of hydrogen-bond acceptors (Lipinski definition) is 3. The molecule has 4 nitrogen and oxygen atoms in total. The predicted octanol–water partition coefficient (Wildman–Crippen LogP) is 2.39. The van der Waals surface area contributed by atoms with Crippen LogP contribution in [0.3, 0.4) is 0 Å². The van der Waals surface area contributed by atoms with E-state index >= 15 is 0 Å². The summed E-state index contributed by atoms with van der Waals surface area (Å²) in [5, 5.41) is 13.0.